The Hall–Kier alpha value is -8.99. The molecule has 0 saturated heterocycles. The number of nitrogens with two attached hydrogens (primary N) is 2. The first kappa shape index (κ1) is 52.6. The predicted molar refractivity (Wildman–Crippen MR) is 241 cm³/mol. The molecule has 0 spiro atoms. The Morgan fingerprint density at radius 1 is 0.623 bits per heavy atom. The average Bonchev–Trinajstić information content (AvgIpc) is 3.30. The molecule has 4 atom stereocenters. The number of amides is 2. The molecule has 0 aliphatic carbocycles. The molecule has 0 fully saturated rings. The van der Waals surface area contributed by atoms with E-state index in [1.807, 2.05) is 0 Å². The summed E-state index contributed by atoms with van der Waals surface area (Å²) >= 11 is 0. The molecule has 4 aromatic rings. The van der Waals surface area contributed by atoms with E-state index in [-0.39, 0.29) is 67.5 Å². The zero-order valence-electron chi connectivity index (χ0n) is 35.4. The summed E-state index contributed by atoms with van der Waals surface area (Å²) in [6.45, 7) is 1.78. The van der Waals surface area contributed by atoms with Crippen LogP contribution >= 0.6 is 0 Å². The molecular formula is C40H42N14O14Pt. The van der Waals surface area contributed by atoms with Gasteiger partial charge in [-0.15, -0.1) is 0 Å². The quantitative estimate of drug-likeness (QED) is 0.0385. The van der Waals surface area contributed by atoms with Crippen LogP contribution in [0.2, 0.25) is 0 Å². The summed E-state index contributed by atoms with van der Waals surface area (Å²) in [5.41, 5.74) is 10.8. The van der Waals surface area contributed by atoms with E-state index < -0.39 is 82.9 Å². The molecular weight excluding hydrogens is 1100 g/mol. The van der Waals surface area contributed by atoms with Crippen molar-refractivity contribution in [3.63, 3.8) is 0 Å². The Balaban J connectivity index is 0.000000296. The number of nitrogens with zero attached hydrogens (tertiary/aromatic N) is 2. The average molecular weight is 1140 g/mol. The number of benzene rings is 2. The monoisotopic (exact) mass is 1140 g/mol. The minimum absolute atomic E-state index is 0. The number of nitrogen functional groups attached to an aromatic ring is 2. The van der Waals surface area contributed by atoms with Gasteiger partial charge in [0.25, 0.3) is 22.9 Å². The van der Waals surface area contributed by atoms with E-state index >= 15 is 0 Å². The minimum Gasteiger partial charge on any atom is -0.480 e. The summed E-state index contributed by atoms with van der Waals surface area (Å²) in [4.78, 5) is 127. The number of rotatable bonds is 18. The third-order valence-electron chi connectivity index (χ3n) is 9.79. The van der Waals surface area contributed by atoms with Crippen molar-refractivity contribution in [2.45, 2.75) is 37.0 Å². The molecule has 28 nitrogen and oxygen atoms in total. The van der Waals surface area contributed by atoms with E-state index in [9.17, 15) is 58.2 Å². The first-order valence-electron chi connectivity index (χ1n) is 19.9. The zero-order chi connectivity index (χ0) is 49.7. The number of carboxylic acids is 4. The SMILES string of the molecule is Nc1nc2c(c(=O)[nH]1)NC(CNc1ccc(C(=O)N[C@@H](CC(=C=O)C(=O)O)C(=O)O)cc1)CN2.Nc1nc2c(c(=O)[nH]1)NC(CNc1ccc(C(=O)N[C@@H](CC(=C=O)C(=O)O)C(=O)O)cc1)CN2.[Pt]. The Labute approximate surface area is 401 Å². The summed E-state index contributed by atoms with van der Waals surface area (Å²) in [7, 11) is 0. The van der Waals surface area contributed by atoms with Crippen LogP contribution < -0.4 is 65.1 Å². The summed E-state index contributed by atoms with van der Waals surface area (Å²) in [5.74, 6) is -4.63. The maximum Gasteiger partial charge on any atom is 0.342 e. The predicted octanol–water partition coefficient (Wildman–Crippen LogP) is -1.83. The number of carbonyl (C=O) groups is 6. The van der Waals surface area contributed by atoms with Crippen LogP contribution in [0.1, 0.15) is 33.6 Å². The van der Waals surface area contributed by atoms with E-state index in [0.717, 1.165) is 0 Å². The number of hydrogen-bond acceptors (Lipinski definition) is 20. The third kappa shape index (κ3) is 14.5. The number of carboxylic acid groups (broad SMARTS) is 4. The standard InChI is InChI=1S/2C20H21N7O7.Pt/c2*21-20-26-15-14(17(30)27-20)24-12(7-23-15)6-22-11-3-1-9(2-4-11)16(29)25-13(19(33)34)5-10(8-28)18(31)32;/h2*1-4,12-13,22,24H,5-7H2,(H,25,29)(H,31,32)(H,33,34)(H4,21,23,26,27,30);/t2*12?,13-;/m00./s1. The van der Waals surface area contributed by atoms with Gasteiger partial charge in [0, 0.05) is 82.6 Å². The van der Waals surface area contributed by atoms with Crippen LogP contribution in [0.3, 0.4) is 0 Å². The maximum atomic E-state index is 12.4. The van der Waals surface area contributed by atoms with Crippen molar-refractivity contribution in [3.05, 3.63) is 91.5 Å². The second-order valence-electron chi connectivity index (χ2n) is 14.6. The molecule has 0 bridgehead atoms. The maximum absolute atomic E-state index is 12.4. The number of aromatic amines is 2. The molecule has 29 heteroatoms. The van der Waals surface area contributed by atoms with Gasteiger partial charge in [-0.05, 0) is 48.5 Å². The molecule has 2 aromatic heterocycles. The first-order valence-corrected chi connectivity index (χ1v) is 19.9. The van der Waals surface area contributed by atoms with Gasteiger partial charge in [-0.3, -0.25) is 29.1 Å². The number of fused-ring (bicyclic) bond motifs is 2. The van der Waals surface area contributed by atoms with Gasteiger partial charge >= 0.3 is 23.9 Å². The van der Waals surface area contributed by atoms with Gasteiger partial charge in [0.05, 0.1) is 12.1 Å². The molecule has 2 aromatic carbocycles. The van der Waals surface area contributed by atoms with E-state index in [4.69, 9.17) is 21.7 Å². The fourth-order valence-electron chi connectivity index (χ4n) is 6.30. The van der Waals surface area contributed by atoms with Gasteiger partial charge in [0.15, 0.2) is 11.6 Å². The number of nitrogens with one attached hydrogen (secondary N) is 10. The number of carbonyl (C=O) groups excluding carboxylic acids is 4. The van der Waals surface area contributed by atoms with E-state index in [0.29, 0.717) is 49.2 Å². The third-order valence-corrected chi connectivity index (χ3v) is 9.79. The molecule has 2 amide bonds. The molecule has 0 radical (unpaired) electrons. The minimum atomic E-state index is -1.61. The second kappa shape index (κ2) is 24.0. The van der Waals surface area contributed by atoms with E-state index in [1.54, 1.807) is 24.3 Å². The molecule has 2 unspecified atom stereocenters. The van der Waals surface area contributed by atoms with Crippen molar-refractivity contribution >= 4 is 93.9 Å². The molecule has 2 aliphatic rings. The fourth-order valence-corrected chi connectivity index (χ4v) is 6.30. The summed E-state index contributed by atoms with van der Waals surface area (Å²) in [6, 6.07) is 8.63. The molecule has 0 saturated carbocycles. The number of aliphatic carboxylic acids is 4. The molecule has 18 N–H and O–H groups in total. The van der Waals surface area contributed by atoms with Gasteiger partial charge in [-0.2, -0.15) is 9.97 Å². The van der Waals surface area contributed by atoms with Gasteiger partial charge in [0.2, 0.25) is 11.9 Å². The van der Waals surface area contributed by atoms with Crippen molar-refractivity contribution in [1.29, 1.82) is 0 Å². The number of aromatic nitrogens is 4. The topological polar surface area (TPSA) is 457 Å². The second-order valence-corrected chi connectivity index (χ2v) is 14.6. The van der Waals surface area contributed by atoms with Gasteiger partial charge < -0.3 is 74.4 Å². The van der Waals surface area contributed by atoms with Crippen molar-refractivity contribution in [3.8, 4) is 0 Å². The van der Waals surface area contributed by atoms with Crippen LogP contribution in [0.5, 0.6) is 0 Å². The fraction of sp³-hybridized carbons (Fsp3) is 0.250. The van der Waals surface area contributed by atoms with Gasteiger partial charge in [-0.1, -0.05) is 0 Å². The van der Waals surface area contributed by atoms with Gasteiger partial charge in [0.1, 0.15) is 46.5 Å². The van der Waals surface area contributed by atoms with E-state index in [1.165, 1.54) is 36.1 Å². The molecule has 2 aliphatic heterocycles. The molecule has 6 rings (SSSR count). The zero-order valence-corrected chi connectivity index (χ0v) is 37.7. The molecule has 69 heavy (non-hydrogen) atoms. The smallest absolute Gasteiger partial charge is 0.342 e. The van der Waals surface area contributed by atoms with Crippen LogP contribution in [0.4, 0.5) is 46.3 Å². The van der Waals surface area contributed by atoms with Crippen molar-refractivity contribution in [2.75, 3.05) is 69.5 Å². The Morgan fingerprint density at radius 2 is 0.971 bits per heavy atom. The summed E-state index contributed by atoms with van der Waals surface area (Å²) in [6.07, 6.45) is -1.42. The van der Waals surface area contributed by atoms with Gasteiger partial charge in [-0.25, -0.2) is 28.8 Å². The number of hydrogen-bond donors (Lipinski definition) is 16. The normalized spacial score (nSPS) is 14.7. The Morgan fingerprint density at radius 3 is 1.28 bits per heavy atom. The number of anilines is 8. The van der Waals surface area contributed by atoms with E-state index in [2.05, 4.69) is 62.5 Å². The van der Waals surface area contributed by atoms with Crippen LogP contribution in [0, 0.1) is 0 Å². The summed E-state index contributed by atoms with van der Waals surface area (Å²) < 4.78 is 0. The first-order chi connectivity index (χ1) is 32.3. The number of H-pyrrole nitrogens is 2. The van der Waals surface area contributed by atoms with Crippen LogP contribution in [-0.4, -0.2) is 138 Å². The summed E-state index contributed by atoms with van der Waals surface area (Å²) in [5, 5.41) is 59.0. The van der Waals surface area contributed by atoms with Crippen molar-refractivity contribution < 1.29 is 79.8 Å². The molecule has 4 heterocycles. The molecule has 366 valence electrons. The Bertz CT molecular complexity index is 2640. The van der Waals surface area contributed by atoms with Crippen molar-refractivity contribution in [1.82, 2.24) is 30.6 Å². The largest absolute Gasteiger partial charge is 0.480 e. The van der Waals surface area contributed by atoms with Crippen molar-refractivity contribution in [2.24, 2.45) is 0 Å². The van der Waals surface area contributed by atoms with Crippen LogP contribution in [0.15, 0.2) is 69.3 Å². The van der Waals surface area contributed by atoms with Crippen LogP contribution in [-0.2, 0) is 49.8 Å². The Kier molecular flexibility index (Phi) is 18.3. The van der Waals surface area contributed by atoms with Crippen LogP contribution in [0.25, 0.3) is 0 Å².